The second-order valence-electron chi connectivity index (χ2n) is 4.77. The Hall–Kier alpha value is -1.45. The molecule has 3 heteroatoms. The van der Waals surface area contributed by atoms with Crippen LogP contribution in [0.15, 0.2) is 58.4 Å². The maximum Gasteiger partial charge on any atom is 0.0976 e. The van der Waals surface area contributed by atoms with Gasteiger partial charge in [0.25, 0.3) is 0 Å². The topological polar surface area (TPSA) is 12.9 Å². The highest BCUT2D eigenvalue weighted by Crippen LogP contribution is 2.29. The zero-order valence-corrected chi connectivity index (χ0v) is 13.5. The lowest BCUT2D eigenvalue weighted by molar-refractivity contribution is 1.14. The molecule has 0 aliphatic heterocycles. The van der Waals surface area contributed by atoms with Gasteiger partial charge in [0, 0.05) is 21.8 Å². The zero-order valence-electron chi connectivity index (χ0n) is 11.1. The fraction of sp³-hybridized carbons (Fsp3) is 0.118. The summed E-state index contributed by atoms with van der Waals surface area (Å²) in [6, 6.07) is 16.9. The number of benzene rings is 2. The third-order valence-corrected chi connectivity index (χ3v) is 4.72. The second kappa shape index (κ2) is 5.90. The normalized spacial score (nSPS) is 10.7. The number of rotatable bonds is 3. The van der Waals surface area contributed by atoms with Crippen molar-refractivity contribution < 1.29 is 0 Å². The van der Waals surface area contributed by atoms with E-state index in [1.165, 1.54) is 11.1 Å². The van der Waals surface area contributed by atoms with Gasteiger partial charge in [-0.3, -0.25) is 0 Å². The van der Waals surface area contributed by atoms with Gasteiger partial charge in [0.15, 0.2) is 0 Å². The number of hydrogen-bond acceptors (Lipinski definition) is 2. The monoisotopic (exact) mass is 343 g/mol. The van der Waals surface area contributed by atoms with Crippen molar-refractivity contribution in [1.29, 1.82) is 0 Å². The Bertz CT molecular complexity index is 716. The molecular weight excluding hydrogens is 330 g/mol. The van der Waals surface area contributed by atoms with Crippen LogP contribution in [0.4, 0.5) is 0 Å². The van der Waals surface area contributed by atoms with E-state index in [0.717, 1.165) is 27.2 Å². The van der Waals surface area contributed by atoms with Crippen molar-refractivity contribution in [2.75, 3.05) is 0 Å². The molecule has 1 nitrogen and oxygen atoms in total. The maximum atomic E-state index is 4.75. The van der Waals surface area contributed by atoms with Gasteiger partial charge in [-0.15, -0.1) is 11.3 Å². The number of halogens is 1. The summed E-state index contributed by atoms with van der Waals surface area (Å²) in [6.45, 7) is 2.11. The van der Waals surface area contributed by atoms with Crippen molar-refractivity contribution in [3.63, 3.8) is 0 Å². The predicted molar refractivity (Wildman–Crippen MR) is 89.2 cm³/mol. The molecule has 3 rings (SSSR count). The van der Waals surface area contributed by atoms with Crippen molar-refractivity contribution in [3.05, 3.63) is 74.5 Å². The van der Waals surface area contributed by atoms with Crippen molar-refractivity contribution in [3.8, 4) is 11.3 Å². The SMILES string of the molecule is Cc1ccc(Cc2nc(-c3ccccc3Br)cs2)cc1. The largest absolute Gasteiger partial charge is 0.241 e. The van der Waals surface area contributed by atoms with E-state index in [4.69, 9.17) is 4.98 Å². The van der Waals surface area contributed by atoms with Crippen LogP contribution < -0.4 is 0 Å². The molecule has 1 heterocycles. The van der Waals surface area contributed by atoms with Gasteiger partial charge in [-0.05, 0) is 18.6 Å². The summed E-state index contributed by atoms with van der Waals surface area (Å²) in [7, 11) is 0. The fourth-order valence-corrected chi connectivity index (χ4v) is 3.38. The molecule has 0 saturated heterocycles. The second-order valence-corrected chi connectivity index (χ2v) is 6.57. The van der Waals surface area contributed by atoms with Crippen LogP contribution in [0.5, 0.6) is 0 Å². The highest BCUT2D eigenvalue weighted by atomic mass is 79.9. The first-order chi connectivity index (χ1) is 9.72. The van der Waals surface area contributed by atoms with Crippen molar-refractivity contribution in [1.82, 2.24) is 4.98 Å². The summed E-state index contributed by atoms with van der Waals surface area (Å²) < 4.78 is 1.09. The first-order valence-corrected chi connectivity index (χ1v) is 8.14. The van der Waals surface area contributed by atoms with Gasteiger partial charge in [0.1, 0.15) is 0 Å². The fourth-order valence-electron chi connectivity index (χ4n) is 2.07. The van der Waals surface area contributed by atoms with E-state index in [0.29, 0.717) is 0 Å². The predicted octanol–water partition coefficient (Wildman–Crippen LogP) is 5.47. The van der Waals surface area contributed by atoms with Gasteiger partial charge < -0.3 is 0 Å². The van der Waals surface area contributed by atoms with Crippen LogP contribution >= 0.6 is 27.3 Å². The quantitative estimate of drug-likeness (QED) is 0.614. The van der Waals surface area contributed by atoms with Crippen molar-refractivity contribution >= 4 is 27.3 Å². The third-order valence-electron chi connectivity index (χ3n) is 3.18. The Morgan fingerprint density at radius 2 is 1.80 bits per heavy atom. The van der Waals surface area contributed by atoms with Crippen LogP contribution in [-0.2, 0) is 6.42 Å². The maximum absolute atomic E-state index is 4.75. The molecule has 0 unspecified atom stereocenters. The summed E-state index contributed by atoms with van der Waals surface area (Å²) in [4.78, 5) is 4.75. The van der Waals surface area contributed by atoms with Crippen LogP contribution in [0, 0.1) is 6.92 Å². The molecule has 0 spiro atoms. The molecule has 0 aliphatic carbocycles. The molecule has 0 fully saturated rings. The lowest BCUT2D eigenvalue weighted by Gasteiger charge is -2.00. The highest BCUT2D eigenvalue weighted by molar-refractivity contribution is 9.10. The number of aryl methyl sites for hydroxylation is 1. The molecule has 20 heavy (non-hydrogen) atoms. The summed E-state index contributed by atoms with van der Waals surface area (Å²) >= 11 is 5.30. The van der Waals surface area contributed by atoms with Crippen molar-refractivity contribution in [2.24, 2.45) is 0 Å². The molecule has 0 N–H and O–H groups in total. The Morgan fingerprint density at radius 3 is 2.55 bits per heavy atom. The molecule has 0 bridgehead atoms. The zero-order chi connectivity index (χ0) is 13.9. The first-order valence-electron chi connectivity index (χ1n) is 6.47. The molecule has 3 aromatic rings. The molecule has 2 aromatic carbocycles. The minimum Gasteiger partial charge on any atom is -0.241 e. The van der Waals surface area contributed by atoms with E-state index in [9.17, 15) is 0 Å². The standard InChI is InChI=1S/C17H14BrNS/c1-12-6-8-13(9-7-12)10-17-19-16(11-20-17)14-4-2-3-5-15(14)18/h2-9,11H,10H2,1H3. The molecule has 0 radical (unpaired) electrons. The molecule has 0 saturated carbocycles. The van der Waals surface area contributed by atoms with Gasteiger partial charge >= 0.3 is 0 Å². The molecule has 0 amide bonds. The summed E-state index contributed by atoms with van der Waals surface area (Å²) in [5.41, 5.74) is 4.80. The van der Waals surface area contributed by atoms with E-state index < -0.39 is 0 Å². The Labute approximate surface area is 131 Å². The van der Waals surface area contributed by atoms with E-state index in [2.05, 4.69) is 58.6 Å². The van der Waals surface area contributed by atoms with Crippen LogP contribution in [0.25, 0.3) is 11.3 Å². The van der Waals surface area contributed by atoms with Crippen LogP contribution in [0.3, 0.4) is 0 Å². The van der Waals surface area contributed by atoms with Crippen molar-refractivity contribution in [2.45, 2.75) is 13.3 Å². The average Bonchev–Trinajstić information content (AvgIpc) is 2.90. The summed E-state index contributed by atoms with van der Waals surface area (Å²) in [6.07, 6.45) is 0.898. The smallest absolute Gasteiger partial charge is 0.0976 e. The minimum atomic E-state index is 0.898. The lowest BCUT2D eigenvalue weighted by atomic mass is 10.1. The van der Waals surface area contributed by atoms with Gasteiger partial charge in [-0.25, -0.2) is 4.98 Å². The molecule has 1 aromatic heterocycles. The van der Waals surface area contributed by atoms with Crippen LogP contribution in [0.1, 0.15) is 16.1 Å². The third kappa shape index (κ3) is 3.00. The lowest BCUT2D eigenvalue weighted by Crippen LogP contribution is -1.88. The van der Waals surface area contributed by atoms with E-state index in [-0.39, 0.29) is 0 Å². The van der Waals surface area contributed by atoms with E-state index >= 15 is 0 Å². The average molecular weight is 344 g/mol. The Kier molecular flexibility index (Phi) is 3.99. The molecule has 0 aliphatic rings. The first kappa shape index (κ1) is 13.5. The number of nitrogens with zero attached hydrogens (tertiary/aromatic N) is 1. The van der Waals surface area contributed by atoms with E-state index in [1.54, 1.807) is 11.3 Å². The van der Waals surface area contributed by atoms with E-state index in [1.807, 2.05) is 18.2 Å². The molecular formula is C17H14BrNS. The number of thiazole rings is 1. The molecule has 100 valence electrons. The van der Waals surface area contributed by atoms with Crippen LogP contribution in [-0.4, -0.2) is 4.98 Å². The molecule has 0 atom stereocenters. The number of hydrogen-bond donors (Lipinski definition) is 0. The summed E-state index contributed by atoms with van der Waals surface area (Å²) in [5, 5.41) is 3.28. The van der Waals surface area contributed by atoms with Gasteiger partial charge in [0.05, 0.1) is 10.7 Å². The van der Waals surface area contributed by atoms with Gasteiger partial charge in [-0.2, -0.15) is 0 Å². The Balaban J connectivity index is 1.84. The number of aromatic nitrogens is 1. The highest BCUT2D eigenvalue weighted by Gasteiger charge is 2.07. The Morgan fingerprint density at radius 1 is 1.05 bits per heavy atom. The van der Waals surface area contributed by atoms with Gasteiger partial charge in [-0.1, -0.05) is 64.0 Å². The summed E-state index contributed by atoms with van der Waals surface area (Å²) in [5.74, 6) is 0. The van der Waals surface area contributed by atoms with Crippen LogP contribution in [0.2, 0.25) is 0 Å². The van der Waals surface area contributed by atoms with Gasteiger partial charge in [0.2, 0.25) is 0 Å². The minimum absolute atomic E-state index is 0.898.